The first-order chi connectivity index (χ1) is 9.95. The number of rotatable bonds is 5. The van der Waals surface area contributed by atoms with Gasteiger partial charge in [0.1, 0.15) is 12.1 Å². The van der Waals surface area contributed by atoms with E-state index in [0.717, 1.165) is 5.56 Å². The maximum atomic E-state index is 11.9. The van der Waals surface area contributed by atoms with Crippen LogP contribution in [-0.2, 0) is 20.8 Å². The van der Waals surface area contributed by atoms with Gasteiger partial charge in [0, 0.05) is 17.9 Å². The van der Waals surface area contributed by atoms with Gasteiger partial charge in [0.15, 0.2) is 0 Å². The normalized spacial score (nSPS) is 18.9. The van der Waals surface area contributed by atoms with Crippen LogP contribution in [0.1, 0.15) is 18.4 Å². The van der Waals surface area contributed by atoms with Gasteiger partial charge in [-0.25, -0.2) is 4.79 Å². The average molecular weight is 311 g/mol. The zero-order chi connectivity index (χ0) is 15.4. The number of carbonyl (C=O) groups excluding carboxylic acids is 2. The summed E-state index contributed by atoms with van der Waals surface area (Å²) in [6, 6.07) is 5.05. The van der Waals surface area contributed by atoms with Crippen molar-refractivity contribution >= 4 is 29.4 Å². The molecule has 2 atom stereocenters. The first-order valence-electron chi connectivity index (χ1n) is 6.52. The quantitative estimate of drug-likeness (QED) is 0.747. The predicted molar refractivity (Wildman–Crippen MR) is 75.9 cm³/mol. The van der Waals surface area contributed by atoms with Gasteiger partial charge < -0.3 is 15.7 Å². The summed E-state index contributed by atoms with van der Waals surface area (Å²) in [6.07, 6.45) is 0.823. The molecule has 0 aromatic heterocycles. The second-order valence-electron chi connectivity index (χ2n) is 4.89. The average Bonchev–Trinajstić information content (AvgIpc) is 2.87. The number of hydrogen-bond donors (Lipinski definition) is 3. The lowest BCUT2D eigenvalue weighted by atomic mass is 10.1. The molecule has 112 valence electrons. The molecule has 0 saturated carbocycles. The Bertz CT molecular complexity index is 559. The van der Waals surface area contributed by atoms with E-state index >= 15 is 0 Å². The van der Waals surface area contributed by atoms with Gasteiger partial charge in [0.05, 0.1) is 0 Å². The van der Waals surface area contributed by atoms with E-state index in [4.69, 9.17) is 11.6 Å². The summed E-state index contributed by atoms with van der Waals surface area (Å²) in [4.78, 5) is 34.3. The molecule has 1 fully saturated rings. The fourth-order valence-corrected chi connectivity index (χ4v) is 2.27. The summed E-state index contributed by atoms with van der Waals surface area (Å²) in [6.45, 7) is 0. The molecule has 7 heteroatoms. The minimum Gasteiger partial charge on any atom is -0.480 e. The first-order valence-corrected chi connectivity index (χ1v) is 6.90. The summed E-state index contributed by atoms with van der Waals surface area (Å²) in [5.74, 6) is -1.79. The number of carbonyl (C=O) groups is 3. The Hall–Kier alpha value is -2.08. The van der Waals surface area contributed by atoms with E-state index < -0.39 is 24.0 Å². The topological polar surface area (TPSA) is 95.5 Å². The van der Waals surface area contributed by atoms with Gasteiger partial charge in [0.2, 0.25) is 11.8 Å². The lowest BCUT2D eigenvalue weighted by Crippen LogP contribution is -2.49. The molecule has 1 aliphatic heterocycles. The van der Waals surface area contributed by atoms with E-state index in [9.17, 15) is 19.5 Å². The van der Waals surface area contributed by atoms with Crippen LogP contribution in [0, 0.1) is 0 Å². The summed E-state index contributed by atoms with van der Waals surface area (Å²) in [5, 5.41) is 14.7. The Balaban J connectivity index is 1.99. The second-order valence-corrected chi connectivity index (χ2v) is 5.33. The van der Waals surface area contributed by atoms with Crippen LogP contribution >= 0.6 is 11.6 Å². The van der Waals surface area contributed by atoms with Gasteiger partial charge in [-0.3, -0.25) is 9.59 Å². The Morgan fingerprint density at radius 1 is 1.38 bits per heavy atom. The van der Waals surface area contributed by atoms with E-state index in [0.29, 0.717) is 11.4 Å². The minimum absolute atomic E-state index is 0.152. The highest BCUT2D eigenvalue weighted by atomic mass is 35.5. The molecule has 3 N–H and O–H groups in total. The maximum absolute atomic E-state index is 11.9. The van der Waals surface area contributed by atoms with Crippen LogP contribution in [0.4, 0.5) is 0 Å². The molecule has 0 spiro atoms. The minimum atomic E-state index is -1.12. The van der Waals surface area contributed by atoms with Gasteiger partial charge in [0.25, 0.3) is 0 Å². The third-order valence-corrected chi connectivity index (χ3v) is 3.53. The molecule has 1 saturated heterocycles. The first kappa shape index (κ1) is 15.3. The third kappa shape index (κ3) is 4.19. The highest BCUT2D eigenvalue weighted by Gasteiger charge is 2.30. The fourth-order valence-electron chi connectivity index (χ4n) is 2.14. The molecule has 1 aromatic rings. The Morgan fingerprint density at radius 3 is 2.57 bits per heavy atom. The number of carboxylic acids is 1. The van der Waals surface area contributed by atoms with Gasteiger partial charge in [-0.05, 0) is 24.1 Å². The summed E-state index contributed by atoms with van der Waals surface area (Å²) in [5.41, 5.74) is 0.752. The van der Waals surface area contributed by atoms with Crippen LogP contribution in [0.5, 0.6) is 0 Å². The number of hydrogen-bond acceptors (Lipinski definition) is 3. The van der Waals surface area contributed by atoms with Crippen LogP contribution in [0.15, 0.2) is 24.3 Å². The zero-order valence-corrected chi connectivity index (χ0v) is 11.9. The molecule has 1 aromatic carbocycles. The molecule has 1 heterocycles. The van der Waals surface area contributed by atoms with E-state index in [-0.39, 0.29) is 18.7 Å². The van der Waals surface area contributed by atoms with Crippen LogP contribution in [0.2, 0.25) is 5.02 Å². The molecule has 6 nitrogen and oxygen atoms in total. The van der Waals surface area contributed by atoms with Gasteiger partial charge in [-0.2, -0.15) is 0 Å². The summed E-state index contributed by atoms with van der Waals surface area (Å²) >= 11 is 5.77. The van der Waals surface area contributed by atoms with E-state index in [1.165, 1.54) is 0 Å². The number of benzene rings is 1. The lowest BCUT2D eigenvalue weighted by Gasteiger charge is -2.17. The van der Waals surface area contributed by atoms with Crippen molar-refractivity contribution < 1.29 is 19.5 Å². The molecular weight excluding hydrogens is 296 g/mol. The molecule has 0 bridgehead atoms. The van der Waals surface area contributed by atoms with E-state index in [1.807, 2.05) is 0 Å². The number of carboxylic acid groups (broad SMARTS) is 1. The van der Waals surface area contributed by atoms with Crippen molar-refractivity contribution in [2.75, 3.05) is 0 Å². The van der Waals surface area contributed by atoms with Crippen LogP contribution in [0.3, 0.4) is 0 Å². The monoisotopic (exact) mass is 310 g/mol. The van der Waals surface area contributed by atoms with Crippen molar-refractivity contribution in [1.82, 2.24) is 10.6 Å². The fraction of sp³-hybridized carbons (Fsp3) is 0.357. The van der Waals surface area contributed by atoms with Crippen LogP contribution < -0.4 is 10.6 Å². The van der Waals surface area contributed by atoms with Crippen molar-refractivity contribution in [3.8, 4) is 0 Å². The van der Waals surface area contributed by atoms with Crippen molar-refractivity contribution in [2.45, 2.75) is 31.3 Å². The third-order valence-electron chi connectivity index (χ3n) is 3.28. The summed E-state index contributed by atoms with van der Waals surface area (Å²) < 4.78 is 0. The van der Waals surface area contributed by atoms with Crippen molar-refractivity contribution in [3.05, 3.63) is 34.9 Å². The molecule has 21 heavy (non-hydrogen) atoms. The molecule has 2 rings (SSSR count). The van der Waals surface area contributed by atoms with Crippen LogP contribution in [-0.4, -0.2) is 35.0 Å². The largest absolute Gasteiger partial charge is 0.480 e. The highest BCUT2D eigenvalue weighted by Crippen LogP contribution is 2.12. The SMILES string of the molecule is O=C1CC[C@H](C(=O)N[C@@H](Cc2ccc(Cl)cc2)C(=O)O)N1. The standard InChI is InChI=1S/C14H15ClN2O4/c15-9-3-1-8(2-4-9)7-11(14(20)21)17-13(19)10-5-6-12(18)16-10/h1-4,10-11H,5-7H2,(H,16,18)(H,17,19)(H,20,21)/t10-,11+/m1/s1. The zero-order valence-electron chi connectivity index (χ0n) is 11.1. The molecule has 0 aliphatic carbocycles. The number of amides is 2. The predicted octanol–water partition coefficient (Wildman–Crippen LogP) is 0.730. The number of aliphatic carboxylic acids is 1. The smallest absolute Gasteiger partial charge is 0.326 e. The van der Waals surface area contributed by atoms with Crippen molar-refractivity contribution in [2.24, 2.45) is 0 Å². The van der Waals surface area contributed by atoms with Crippen molar-refractivity contribution in [3.63, 3.8) is 0 Å². The Morgan fingerprint density at radius 2 is 2.05 bits per heavy atom. The maximum Gasteiger partial charge on any atom is 0.326 e. The van der Waals surface area contributed by atoms with Crippen LogP contribution in [0.25, 0.3) is 0 Å². The van der Waals surface area contributed by atoms with Gasteiger partial charge >= 0.3 is 5.97 Å². The highest BCUT2D eigenvalue weighted by molar-refractivity contribution is 6.30. The second kappa shape index (κ2) is 6.58. The Kier molecular flexibility index (Phi) is 4.80. The molecule has 1 aliphatic rings. The molecular formula is C14H15ClN2O4. The van der Waals surface area contributed by atoms with E-state index in [2.05, 4.69) is 10.6 Å². The van der Waals surface area contributed by atoms with Gasteiger partial charge in [-0.1, -0.05) is 23.7 Å². The van der Waals surface area contributed by atoms with Crippen molar-refractivity contribution in [1.29, 1.82) is 0 Å². The molecule has 2 amide bonds. The number of halogens is 1. The number of nitrogens with one attached hydrogen (secondary N) is 2. The Labute approximate surface area is 126 Å². The molecule has 0 radical (unpaired) electrons. The lowest BCUT2D eigenvalue weighted by molar-refractivity contribution is -0.142. The van der Waals surface area contributed by atoms with Gasteiger partial charge in [-0.15, -0.1) is 0 Å². The van der Waals surface area contributed by atoms with E-state index in [1.54, 1.807) is 24.3 Å². The molecule has 0 unspecified atom stereocenters. The summed E-state index contributed by atoms with van der Waals surface area (Å²) in [7, 11) is 0.